The summed E-state index contributed by atoms with van der Waals surface area (Å²) in [6.07, 6.45) is -0.810. The number of ether oxygens (including phenoxy) is 2. The van der Waals surface area contributed by atoms with E-state index in [2.05, 4.69) is 5.32 Å². The summed E-state index contributed by atoms with van der Waals surface area (Å²) in [5.74, 6) is -0.917. The van der Waals surface area contributed by atoms with E-state index < -0.39 is 30.6 Å². The van der Waals surface area contributed by atoms with Gasteiger partial charge in [0.15, 0.2) is 12.7 Å². The van der Waals surface area contributed by atoms with Crippen LogP contribution in [0.1, 0.15) is 25.8 Å². The molecule has 2 amide bonds. The summed E-state index contributed by atoms with van der Waals surface area (Å²) in [5, 5.41) is 11.6. The maximum atomic E-state index is 12.8. The van der Waals surface area contributed by atoms with Crippen molar-refractivity contribution in [1.82, 2.24) is 0 Å². The fourth-order valence-corrected chi connectivity index (χ4v) is 3.15. The van der Waals surface area contributed by atoms with Gasteiger partial charge in [0.2, 0.25) is 5.91 Å². The van der Waals surface area contributed by atoms with Crippen molar-refractivity contribution in [3.63, 3.8) is 0 Å². The highest BCUT2D eigenvalue weighted by Gasteiger charge is 2.30. The Bertz CT molecular complexity index is 997. The molecule has 8 heteroatoms. The zero-order valence-electron chi connectivity index (χ0n) is 16.6. The summed E-state index contributed by atoms with van der Waals surface area (Å²) >= 11 is 0. The van der Waals surface area contributed by atoms with E-state index in [0.29, 0.717) is 22.7 Å². The zero-order valence-corrected chi connectivity index (χ0v) is 16.6. The molecule has 0 saturated heterocycles. The topological polar surface area (TPSA) is 109 Å². The largest absolute Gasteiger partial charge is 0.479 e. The third-order valence-electron chi connectivity index (χ3n) is 4.59. The number of nitrogens with one attached hydrogen (secondary N) is 1. The molecule has 0 bridgehead atoms. The number of fused-ring (bicyclic) bond motifs is 1. The average molecular weight is 407 g/mol. The number of esters is 1. The second-order valence-corrected chi connectivity index (χ2v) is 6.89. The van der Waals surface area contributed by atoms with Crippen molar-refractivity contribution >= 4 is 29.2 Å². The van der Waals surface area contributed by atoms with E-state index in [1.54, 1.807) is 55.5 Å². The lowest BCUT2D eigenvalue weighted by molar-refractivity contribution is -0.154. The first kappa shape index (κ1) is 20.9. The van der Waals surface area contributed by atoms with E-state index in [4.69, 9.17) is 14.7 Å². The highest BCUT2D eigenvalue weighted by molar-refractivity contribution is 6.05. The molecule has 2 aromatic carbocycles. The average Bonchev–Trinajstić information content (AvgIpc) is 2.86. The maximum absolute atomic E-state index is 12.8. The molecular weight excluding hydrogens is 386 g/mol. The maximum Gasteiger partial charge on any atom is 0.347 e. The van der Waals surface area contributed by atoms with Gasteiger partial charge in [0.1, 0.15) is 5.75 Å². The van der Waals surface area contributed by atoms with E-state index in [1.165, 1.54) is 11.8 Å². The lowest BCUT2D eigenvalue weighted by Gasteiger charge is -2.27. The van der Waals surface area contributed by atoms with Crippen LogP contribution in [-0.2, 0) is 19.1 Å². The van der Waals surface area contributed by atoms with Crippen molar-refractivity contribution in [1.29, 1.82) is 5.26 Å². The molecular formula is C22H21N3O5. The Labute approximate surface area is 174 Å². The van der Waals surface area contributed by atoms with Crippen LogP contribution in [0.4, 0.5) is 11.4 Å². The van der Waals surface area contributed by atoms with Crippen LogP contribution in [0.3, 0.4) is 0 Å². The standard InChI is InChI=1S/C22H21N3O5/c1-14-11-20(26)24-18-5-3-4-6-19(18)25(14)21(27)13-29-22(28)15(2)30-17-9-7-16(12-23)8-10-17/h3-10,14-15H,11,13H2,1-2H3,(H,24,26)/t14-,15-/m1/s1. The number of hydrogen-bond donors (Lipinski definition) is 1. The van der Waals surface area contributed by atoms with Crippen LogP contribution >= 0.6 is 0 Å². The van der Waals surface area contributed by atoms with Crippen molar-refractivity contribution in [3.8, 4) is 11.8 Å². The number of nitriles is 1. The van der Waals surface area contributed by atoms with Gasteiger partial charge in [0.25, 0.3) is 5.91 Å². The predicted octanol–water partition coefficient (Wildman–Crippen LogP) is 2.63. The molecule has 0 fully saturated rings. The summed E-state index contributed by atoms with van der Waals surface area (Å²) in [6, 6.07) is 14.9. The molecule has 1 aliphatic heterocycles. The molecule has 8 nitrogen and oxygen atoms in total. The van der Waals surface area contributed by atoms with E-state index >= 15 is 0 Å². The van der Waals surface area contributed by atoms with Gasteiger partial charge < -0.3 is 19.7 Å². The van der Waals surface area contributed by atoms with Crippen LogP contribution in [0.15, 0.2) is 48.5 Å². The molecule has 0 spiro atoms. The third kappa shape index (κ3) is 4.75. The molecule has 30 heavy (non-hydrogen) atoms. The first-order valence-corrected chi connectivity index (χ1v) is 9.43. The number of benzene rings is 2. The van der Waals surface area contributed by atoms with Gasteiger partial charge in [-0.3, -0.25) is 9.59 Å². The van der Waals surface area contributed by atoms with Gasteiger partial charge in [-0.05, 0) is 50.2 Å². The number of anilines is 2. The van der Waals surface area contributed by atoms with E-state index in [9.17, 15) is 14.4 Å². The Kier molecular flexibility index (Phi) is 6.32. The van der Waals surface area contributed by atoms with Gasteiger partial charge >= 0.3 is 5.97 Å². The minimum Gasteiger partial charge on any atom is -0.479 e. The summed E-state index contributed by atoms with van der Waals surface area (Å²) < 4.78 is 10.7. The Balaban J connectivity index is 1.63. The van der Waals surface area contributed by atoms with Crippen molar-refractivity contribution in [2.75, 3.05) is 16.8 Å². The van der Waals surface area contributed by atoms with Crippen LogP contribution in [-0.4, -0.2) is 36.5 Å². The molecule has 0 aromatic heterocycles. The first-order valence-electron chi connectivity index (χ1n) is 9.43. The SMILES string of the molecule is C[C@@H]1CC(=O)Nc2ccccc2N1C(=O)COC(=O)[C@@H](C)Oc1ccc(C#N)cc1. The fourth-order valence-electron chi connectivity index (χ4n) is 3.15. The van der Waals surface area contributed by atoms with Crippen LogP contribution in [0.25, 0.3) is 0 Å². The van der Waals surface area contributed by atoms with Gasteiger partial charge in [-0.25, -0.2) is 4.79 Å². The van der Waals surface area contributed by atoms with Crippen LogP contribution < -0.4 is 15.0 Å². The van der Waals surface area contributed by atoms with Crippen LogP contribution in [0.5, 0.6) is 5.75 Å². The second-order valence-electron chi connectivity index (χ2n) is 6.89. The molecule has 2 atom stereocenters. The van der Waals surface area contributed by atoms with Gasteiger partial charge in [0.05, 0.1) is 23.0 Å². The summed E-state index contributed by atoms with van der Waals surface area (Å²) in [6.45, 7) is 2.79. The van der Waals surface area contributed by atoms with Gasteiger partial charge in [0, 0.05) is 12.5 Å². The lowest BCUT2D eigenvalue weighted by atomic mass is 10.1. The van der Waals surface area contributed by atoms with Crippen molar-refractivity contribution in [3.05, 3.63) is 54.1 Å². The first-order chi connectivity index (χ1) is 14.4. The minimum absolute atomic E-state index is 0.132. The highest BCUT2D eigenvalue weighted by atomic mass is 16.6. The number of para-hydroxylation sites is 2. The summed E-state index contributed by atoms with van der Waals surface area (Å²) in [4.78, 5) is 38.6. The van der Waals surface area contributed by atoms with Gasteiger partial charge in [-0.15, -0.1) is 0 Å². The normalized spacial score (nSPS) is 16.4. The monoisotopic (exact) mass is 407 g/mol. The van der Waals surface area contributed by atoms with Crippen LogP contribution in [0.2, 0.25) is 0 Å². The molecule has 2 aromatic rings. The molecule has 154 valence electrons. The Morgan fingerprint density at radius 3 is 2.63 bits per heavy atom. The quantitative estimate of drug-likeness (QED) is 0.763. The molecule has 1 heterocycles. The van der Waals surface area contributed by atoms with E-state index in [-0.39, 0.29) is 12.3 Å². The number of rotatable bonds is 5. The number of hydrogen-bond acceptors (Lipinski definition) is 6. The van der Waals surface area contributed by atoms with Crippen molar-refractivity contribution in [2.45, 2.75) is 32.4 Å². The number of nitrogens with zero attached hydrogens (tertiary/aromatic N) is 2. The Morgan fingerprint density at radius 2 is 1.93 bits per heavy atom. The fraction of sp³-hybridized carbons (Fsp3) is 0.273. The van der Waals surface area contributed by atoms with E-state index in [1.807, 2.05) is 6.07 Å². The molecule has 0 aliphatic carbocycles. The summed E-state index contributed by atoms with van der Waals surface area (Å²) in [7, 11) is 0. The number of amides is 2. The Morgan fingerprint density at radius 1 is 1.23 bits per heavy atom. The van der Waals surface area contributed by atoms with Gasteiger partial charge in [-0.2, -0.15) is 5.26 Å². The molecule has 0 unspecified atom stereocenters. The number of carbonyl (C=O) groups is 3. The molecule has 0 saturated carbocycles. The van der Waals surface area contributed by atoms with Crippen molar-refractivity contribution in [2.24, 2.45) is 0 Å². The molecule has 1 N–H and O–H groups in total. The van der Waals surface area contributed by atoms with Crippen molar-refractivity contribution < 1.29 is 23.9 Å². The zero-order chi connectivity index (χ0) is 21.7. The molecule has 0 radical (unpaired) electrons. The molecule has 1 aliphatic rings. The molecule has 3 rings (SSSR count). The highest BCUT2D eigenvalue weighted by Crippen LogP contribution is 2.31. The van der Waals surface area contributed by atoms with Gasteiger partial charge in [-0.1, -0.05) is 12.1 Å². The van der Waals surface area contributed by atoms with Crippen LogP contribution in [0, 0.1) is 11.3 Å². The lowest BCUT2D eigenvalue weighted by Crippen LogP contribution is -2.42. The minimum atomic E-state index is -0.942. The smallest absolute Gasteiger partial charge is 0.347 e. The Hall–Kier alpha value is -3.86. The van der Waals surface area contributed by atoms with E-state index in [0.717, 1.165) is 0 Å². The number of carbonyl (C=O) groups excluding carboxylic acids is 3. The summed E-state index contributed by atoms with van der Waals surface area (Å²) in [5.41, 5.74) is 1.56. The third-order valence-corrected chi connectivity index (χ3v) is 4.59. The predicted molar refractivity (Wildman–Crippen MR) is 109 cm³/mol. The second kappa shape index (κ2) is 9.09.